The molecule has 0 radical (unpaired) electrons. The van der Waals surface area contributed by atoms with E-state index >= 15 is 0 Å². The number of carboxylic acids is 1. The van der Waals surface area contributed by atoms with Crippen LogP contribution in [0, 0.1) is 5.92 Å². The first-order chi connectivity index (χ1) is 10.0. The van der Waals surface area contributed by atoms with E-state index in [4.69, 9.17) is 16.7 Å². The zero-order chi connectivity index (χ0) is 16.7. The van der Waals surface area contributed by atoms with Crippen molar-refractivity contribution in [3.8, 4) is 0 Å². The topological polar surface area (TPSA) is 109 Å². The summed E-state index contributed by atoms with van der Waals surface area (Å²) in [4.78, 5) is 10.4. The summed E-state index contributed by atoms with van der Waals surface area (Å²) in [6.07, 6.45) is 1.17. The van der Waals surface area contributed by atoms with Crippen molar-refractivity contribution >= 4 is 37.4 Å². The lowest BCUT2D eigenvalue weighted by Gasteiger charge is -2.17. The van der Waals surface area contributed by atoms with Crippen LogP contribution in [0.1, 0.15) is 6.42 Å². The molecule has 1 aromatic rings. The van der Waals surface area contributed by atoms with Crippen molar-refractivity contribution in [3.05, 3.63) is 23.2 Å². The number of carboxylic acid groups (broad SMARTS) is 1. The van der Waals surface area contributed by atoms with Gasteiger partial charge in [0.15, 0.2) is 9.84 Å². The molecule has 1 saturated heterocycles. The predicted molar refractivity (Wildman–Crippen MR) is 79.1 cm³/mol. The lowest BCUT2D eigenvalue weighted by Crippen LogP contribution is -2.30. The Bertz CT molecular complexity index is 818. The molecule has 7 nitrogen and oxygen atoms in total. The Kier molecular flexibility index (Phi) is 4.54. The lowest BCUT2D eigenvalue weighted by molar-refractivity contribution is -0.141. The maximum atomic E-state index is 12.6. The van der Waals surface area contributed by atoms with E-state index in [0.29, 0.717) is 0 Å². The Morgan fingerprint density at radius 2 is 1.95 bits per heavy atom. The van der Waals surface area contributed by atoms with Crippen LogP contribution in [0.15, 0.2) is 28.0 Å². The fourth-order valence-corrected chi connectivity index (χ4v) is 4.92. The minimum absolute atomic E-state index is 0.0543. The third kappa shape index (κ3) is 3.27. The normalized spacial score (nSPS) is 20.2. The fourth-order valence-electron chi connectivity index (χ4n) is 2.20. The van der Waals surface area contributed by atoms with Gasteiger partial charge in [0.1, 0.15) is 4.90 Å². The van der Waals surface area contributed by atoms with Gasteiger partial charge in [-0.2, -0.15) is 4.31 Å². The van der Waals surface area contributed by atoms with Gasteiger partial charge in [-0.1, -0.05) is 11.6 Å². The highest BCUT2D eigenvalue weighted by Gasteiger charge is 2.37. The highest BCUT2D eigenvalue weighted by molar-refractivity contribution is 7.91. The minimum atomic E-state index is -4.04. The summed E-state index contributed by atoms with van der Waals surface area (Å²) in [5.74, 6) is -1.83. The third-order valence-corrected chi connectivity index (χ3v) is 6.91. The van der Waals surface area contributed by atoms with Gasteiger partial charge in [-0.15, -0.1) is 0 Å². The second kappa shape index (κ2) is 5.80. The molecule has 1 aromatic carbocycles. The van der Waals surface area contributed by atoms with E-state index in [-0.39, 0.29) is 34.3 Å². The van der Waals surface area contributed by atoms with Gasteiger partial charge in [0, 0.05) is 19.3 Å². The molecule has 122 valence electrons. The number of aliphatic carboxylic acids is 1. The number of sulfone groups is 1. The van der Waals surface area contributed by atoms with Crippen LogP contribution in [0.3, 0.4) is 0 Å². The zero-order valence-electron chi connectivity index (χ0n) is 11.6. The van der Waals surface area contributed by atoms with Crippen LogP contribution in [-0.4, -0.2) is 51.6 Å². The lowest BCUT2D eigenvalue weighted by atomic mass is 10.1. The molecule has 10 heteroatoms. The highest BCUT2D eigenvalue weighted by atomic mass is 35.5. The Balaban J connectivity index is 2.45. The SMILES string of the molecule is CS(=O)(=O)c1ccc(Cl)c(S(=O)(=O)N2CC[C@H](C(=O)O)C2)c1. The first kappa shape index (κ1) is 17.2. The van der Waals surface area contributed by atoms with Crippen LogP contribution in [-0.2, 0) is 24.7 Å². The Labute approximate surface area is 133 Å². The first-order valence-electron chi connectivity index (χ1n) is 6.26. The molecule has 1 aliphatic heterocycles. The quantitative estimate of drug-likeness (QED) is 0.844. The second-order valence-electron chi connectivity index (χ2n) is 5.05. The summed E-state index contributed by atoms with van der Waals surface area (Å²) < 4.78 is 49.2. The summed E-state index contributed by atoms with van der Waals surface area (Å²) in [5, 5.41) is 8.84. The van der Waals surface area contributed by atoms with Gasteiger partial charge in [-0.05, 0) is 24.6 Å². The molecule has 0 aliphatic carbocycles. The van der Waals surface area contributed by atoms with Crippen LogP contribution in [0.25, 0.3) is 0 Å². The summed E-state index contributed by atoms with van der Waals surface area (Å²) in [7, 11) is -7.63. The molecule has 1 N–H and O–H groups in total. The van der Waals surface area contributed by atoms with Gasteiger partial charge < -0.3 is 5.11 Å². The molecular weight excluding hydrogens is 354 g/mol. The molecule has 0 aromatic heterocycles. The molecule has 1 fully saturated rings. The van der Waals surface area contributed by atoms with Crippen molar-refractivity contribution < 1.29 is 26.7 Å². The van der Waals surface area contributed by atoms with Gasteiger partial charge in [0.05, 0.1) is 15.8 Å². The van der Waals surface area contributed by atoms with E-state index in [2.05, 4.69) is 0 Å². The van der Waals surface area contributed by atoms with Gasteiger partial charge in [-0.25, -0.2) is 16.8 Å². The summed E-state index contributed by atoms with van der Waals surface area (Å²) in [6, 6.07) is 3.43. The van der Waals surface area contributed by atoms with E-state index < -0.39 is 31.7 Å². The number of benzene rings is 1. The molecule has 1 aliphatic rings. The van der Waals surface area contributed by atoms with Crippen LogP contribution >= 0.6 is 11.6 Å². The third-order valence-electron chi connectivity index (χ3n) is 3.45. The molecule has 22 heavy (non-hydrogen) atoms. The van der Waals surface area contributed by atoms with Crippen LogP contribution < -0.4 is 0 Å². The van der Waals surface area contributed by atoms with Gasteiger partial charge in [-0.3, -0.25) is 4.79 Å². The average Bonchev–Trinajstić information content (AvgIpc) is 2.87. The number of halogens is 1. The smallest absolute Gasteiger partial charge is 0.307 e. The summed E-state index contributed by atoms with van der Waals surface area (Å²) >= 11 is 5.89. The molecule has 0 spiro atoms. The number of hydrogen-bond acceptors (Lipinski definition) is 5. The monoisotopic (exact) mass is 367 g/mol. The number of hydrogen-bond donors (Lipinski definition) is 1. The average molecular weight is 368 g/mol. The molecule has 0 saturated carbocycles. The maximum absolute atomic E-state index is 12.6. The van der Waals surface area contributed by atoms with Gasteiger partial charge in [0.25, 0.3) is 0 Å². The number of sulfonamides is 1. The Morgan fingerprint density at radius 1 is 1.32 bits per heavy atom. The molecule has 2 rings (SSSR count). The van der Waals surface area contributed by atoms with E-state index in [1.165, 1.54) is 12.1 Å². The summed E-state index contributed by atoms with van der Waals surface area (Å²) in [6.45, 7) is -0.101. The largest absolute Gasteiger partial charge is 0.481 e. The fraction of sp³-hybridized carbons (Fsp3) is 0.417. The van der Waals surface area contributed by atoms with Crippen molar-refractivity contribution in [1.29, 1.82) is 0 Å². The van der Waals surface area contributed by atoms with Crippen molar-refractivity contribution in [2.24, 2.45) is 5.92 Å². The van der Waals surface area contributed by atoms with Gasteiger partial charge >= 0.3 is 5.97 Å². The number of carbonyl (C=O) groups is 1. The van der Waals surface area contributed by atoms with Crippen molar-refractivity contribution in [2.45, 2.75) is 16.2 Å². The molecule has 0 unspecified atom stereocenters. The van der Waals surface area contributed by atoms with Crippen molar-refractivity contribution in [3.63, 3.8) is 0 Å². The van der Waals surface area contributed by atoms with E-state index in [9.17, 15) is 21.6 Å². The van der Waals surface area contributed by atoms with E-state index in [0.717, 1.165) is 16.6 Å². The van der Waals surface area contributed by atoms with E-state index in [1.807, 2.05) is 0 Å². The number of nitrogens with zero attached hydrogens (tertiary/aromatic N) is 1. The summed E-state index contributed by atoms with van der Waals surface area (Å²) in [5.41, 5.74) is 0. The second-order valence-corrected chi connectivity index (χ2v) is 9.38. The number of rotatable bonds is 4. The minimum Gasteiger partial charge on any atom is -0.481 e. The maximum Gasteiger partial charge on any atom is 0.307 e. The zero-order valence-corrected chi connectivity index (χ0v) is 13.9. The molecule has 0 amide bonds. The predicted octanol–water partition coefficient (Wildman–Crippen LogP) is 0.839. The van der Waals surface area contributed by atoms with Crippen LogP contribution in [0.4, 0.5) is 0 Å². The van der Waals surface area contributed by atoms with E-state index in [1.54, 1.807) is 0 Å². The Morgan fingerprint density at radius 3 is 2.45 bits per heavy atom. The molecule has 1 atom stereocenters. The first-order valence-corrected chi connectivity index (χ1v) is 9.97. The highest BCUT2D eigenvalue weighted by Crippen LogP contribution is 2.30. The molecule has 1 heterocycles. The van der Waals surface area contributed by atoms with Crippen molar-refractivity contribution in [1.82, 2.24) is 4.31 Å². The molecular formula is C12H14ClNO6S2. The van der Waals surface area contributed by atoms with Gasteiger partial charge in [0.2, 0.25) is 10.0 Å². The Hall–Kier alpha value is -1.16. The van der Waals surface area contributed by atoms with Crippen molar-refractivity contribution in [2.75, 3.05) is 19.3 Å². The molecule has 0 bridgehead atoms. The van der Waals surface area contributed by atoms with Crippen LogP contribution in [0.2, 0.25) is 5.02 Å². The van der Waals surface area contributed by atoms with Crippen LogP contribution in [0.5, 0.6) is 0 Å². The standard InChI is InChI=1S/C12H14ClNO6S2/c1-21(17,18)9-2-3-10(13)11(6-9)22(19,20)14-5-4-8(7-14)12(15)16/h2-3,6,8H,4-5,7H2,1H3,(H,15,16)/t8-/m0/s1.